The Kier molecular flexibility index (Phi) is 4.72. The topological polar surface area (TPSA) is 77.5 Å². The number of anilines is 1. The van der Waals surface area contributed by atoms with Gasteiger partial charge < -0.3 is 14.5 Å². The molecule has 0 spiro atoms. The molecule has 1 aliphatic heterocycles. The van der Waals surface area contributed by atoms with Crippen LogP contribution in [-0.4, -0.2) is 4.92 Å². The lowest BCUT2D eigenvalue weighted by atomic mass is 9.85. The maximum Gasteiger partial charge on any atom is 0.433 e. The van der Waals surface area contributed by atoms with Crippen molar-refractivity contribution in [1.29, 1.82) is 0 Å². The van der Waals surface area contributed by atoms with Gasteiger partial charge in [0, 0.05) is 14.5 Å². The molecule has 24 heavy (non-hydrogen) atoms. The molecule has 128 valence electrons. The molecule has 3 rings (SSSR count). The lowest BCUT2D eigenvalue weighted by Crippen LogP contribution is -2.38. The third-order valence-corrected chi connectivity index (χ3v) is 5.44. The minimum Gasteiger partial charge on any atom is -0.401 e. The Bertz CT molecular complexity index is 786. The number of rotatable bonds is 4. The first-order valence-corrected chi connectivity index (χ1v) is 9.16. The number of halogens is 2. The van der Waals surface area contributed by atoms with Gasteiger partial charge in [0.15, 0.2) is 12.0 Å². The van der Waals surface area contributed by atoms with Crippen LogP contribution in [0.3, 0.4) is 0 Å². The smallest absolute Gasteiger partial charge is 0.401 e. The van der Waals surface area contributed by atoms with Gasteiger partial charge in [0.05, 0.1) is 17.4 Å². The highest BCUT2D eigenvalue weighted by molar-refractivity contribution is 9.11. The lowest BCUT2D eigenvalue weighted by Gasteiger charge is -2.42. The highest BCUT2D eigenvalue weighted by Crippen LogP contribution is 2.49. The number of fused-ring (bicyclic) bond motifs is 1. The highest BCUT2D eigenvalue weighted by atomic mass is 79.9. The summed E-state index contributed by atoms with van der Waals surface area (Å²) in [6, 6.07) is 6.91. The molecule has 2 aromatic rings. The third kappa shape index (κ3) is 2.87. The van der Waals surface area contributed by atoms with Crippen LogP contribution >= 0.6 is 31.9 Å². The Morgan fingerprint density at radius 2 is 2.00 bits per heavy atom. The number of furan rings is 1. The standard InChI is InChI=1S/C16H16Br2N2O4/c1-3-16(4-2)10-7-9(17)8-11(18)14(10)19-15(24-16)12-5-6-13(23-12)20(21)22/h5-8,15,19H,3-4H2,1-2H3/t15-/m0/s1. The summed E-state index contributed by atoms with van der Waals surface area (Å²) in [6.07, 6.45) is 0.935. The van der Waals surface area contributed by atoms with Gasteiger partial charge in [-0.2, -0.15) is 0 Å². The Labute approximate surface area is 156 Å². The van der Waals surface area contributed by atoms with E-state index >= 15 is 0 Å². The molecule has 1 atom stereocenters. The van der Waals surface area contributed by atoms with E-state index in [1.807, 2.05) is 12.1 Å². The number of benzene rings is 1. The predicted octanol–water partition coefficient (Wildman–Crippen LogP) is 5.87. The molecule has 1 N–H and O–H groups in total. The maximum atomic E-state index is 10.9. The number of nitro groups is 1. The summed E-state index contributed by atoms with van der Waals surface area (Å²) in [7, 11) is 0. The first kappa shape index (κ1) is 17.4. The lowest BCUT2D eigenvalue weighted by molar-refractivity contribution is -0.402. The molecule has 0 saturated heterocycles. The van der Waals surface area contributed by atoms with E-state index in [2.05, 4.69) is 51.0 Å². The van der Waals surface area contributed by atoms with E-state index in [1.54, 1.807) is 6.07 Å². The summed E-state index contributed by atoms with van der Waals surface area (Å²) in [5, 5.41) is 14.1. The fourth-order valence-electron chi connectivity index (χ4n) is 3.04. The van der Waals surface area contributed by atoms with Gasteiger partial charge in [-0.25, -0.2) is 0 Å². The first-order chi connectivity index (χ1) is 11.4. The Morgan fingerprint density at radius 3 is 2.58 bits per heavy atom. The van der Waals surface area contributed by atoms with Crippen LogP contribution in [0.25, 0.3) is 0 Å². The average molecular weight is 460 g/mol. The van der Waals surface area contributed by atoms with Crippen molar-refractivity contribution in [2.24, 2.45) is 0 Å². The summed E-state index contributed by atoms with van der Waals surface area (Å²) in [4.78, 5) is 10.3. The van der Waals surface area contributed by atoms with E-state index in [4.69, 9.17) is 9.15 Å². The fraction of sp³-hybridized carbons (Fsp3) is 0.375. The highest BCUT2D eigenvalue weighted by Gasteiger charge is 2.41. The van der Waals surface area contributed by atoms with Crippen molar-refractivity contribution in [1.82, 2.24) is 0 Å². The molecule has 1 aromatic carbocycles. The number of nitrogens with one attached hydrogen (secondary N) is 1. The van der Waals surface area contributed by atoms with Gasteiger partial charge in [-0.3, -0.25) is 10.1 Å². The zero-order chi connectivity index (χ0) is 17.5. The Balaban J connectivity index is 2.08. The maximum absolute atomic E-state index is 10.9. The molecule has 0 radical (unpaired) electrons. The molecular weight excluding hydrogens is 444 g/mol. The number of ether oxygens (including phenoxy) is 1. The van der Waals surface area contributed by atoms with Gasteiger partial charge in [0.1, 0.15) is 4.92 Å². The van der Waals surface area contributed by atoms with Crippen molar-refractivity contribution < 1.29 is 14.1 Å². The largest absolute Gasteiger partial charge is 0.433 e. The summed E-state index contributed by atoms with van der Waals surface area (Å²) in [6.45, 7) is 4.13. The predicted molar refractivity (Wildman–Crippen MR) is 96.9 cm³/mol. The van der Waals surface area contributed by atoms with Crippen LogP contribution in [0.4, 0.5) is 11.6 Å². The fourth-order valence-corrected chi connectivity index (χ4v) is 4.38. The second-order valence-corrected chi connectivity index (χ2v) is 7.36. The van der Waals surface area contributed by atoms with E-state index < -0.39 is 16.8 Å². The SMILES string of the molecule is CCC1(CC)O[C@@H](c2ccc([N+](=O)[O-])o2)Nc2c(Br)cc(Br)cc21. The normalized spacial score (nSPS) is 18.8. The van der Waals surface area contributed by atoms with Crippen LogP contribution in [0, 0.1) is 10.1 Å². The molecule has 2 heterocycles. The quantitative estimate of drug-likeness (QED) is 0.457. The minimum absolute atomic E-state index is 0.297. The van der Waals surface area contributed by atoms with E-state index in [0.29, 0.717) is 5.76 Å². The molecule has 0 aliphatic carbocycles. The Hall–Kier alpha value is -1.38. The molecule has 0 unspecified atom stereocenters. The summed E-state index contributed by atoms with van der Waals surface area (Å²) in [5.74, 6) is 0.0862. The minimum atomic E-state index is -0.594. The zero-order valence-electron chi connectivity index (χ0n) is 13.1. The summed E-state index contributed by atoms with van der Waals surface area (Å²) < 4.78 is 13.5. The van der Waals surface area contributed by atoms with Crippen LogP contribution in [-0.2, 0) is 10.3 Å². The van der Waals surface area contributed by atoms with Crippen molar-refractivity contribution in [3.63, 3.8) is 0 Å². The summed E-state index contributed by atoms with van der Waals surface area (Å²) in [5.41, 5.74) is 1.46. The van der Waals surface area contributed by atoms with Gasteiger partial charge in [-0.1, -0.05) is 29.8 Å². The second-order valence-electron chi connectivity index (χ2n) is 5.59. The number of hydrogen-bond acceptors (Lipinski definition) is 5. The van der Waals surface area contributed by atoms with Gasteiger partial charge >= 0.3 is 5.88 Å². The molecule has 0 fully saturated rings. The number of nitrogens with zero attached hydrogens (tertiary/aromatic N) is 1. The molecule has 0 bridgehead atoms. The monoisotopic (exact) mass is 458 g/mol. The summed E-state index contributed by atoms with van der Waals surface area (Å²) >= 11 is 7.11. The van der Waals surface area contributed by atoms with Crippen molar-refractivity contribution in [2.45, 2.75) is 38.5 Å². The molecule has 6 nitrogen and oxygen atoms in total. The average Bonchev–Trinajstić information content (AvgIpc) is 3.04. The van der Waals surface area contributed by atoms with Gasteiger partial charge in [0.25, 0.3) is 0 Å². The van der Waals surface area contributed by atoms with Gasteiger partial charge in [-0.05, 0) is 47.0 Å². The van der Waals surface area contributed by atoms with E-state index in [-0.39, 0.29) is 5.88 Å². The molecule has 0 amide bonds. The van der Waals surface area contributed by atoms with E-state index in [9.17, 15) is 10.1 Å². The third-order valence-electron chi connectivity index (χ3n) is 4.36. The van der Waals surface area contributed by atoms with Crippen molar-refractivity contribution >= 4 is 43.4 Å². The van der Waals surface area contributed by atoms with Crippen LogP contribution < -0.4 is 5.32 Å². The molecule has 1 aliphatic rings. The van der Waals surface area contributed by atoms with Crippen molar-refractivity contribution in [2.75, 3.05) is 5.32 Å². The second kappa shape index (κ2) is 6.50. The first-order valence-electron chi connectivity index (χ1n) is 7.58. The van der Waals surface area contributed by atoms with Crippen molar-refractivity contribution in [3.8, 4) is 0 Å². The molecule has 8 heteroatoms. The molecular formula is C16H16Br2N2O4. The van der Waals surface area contributed by atoms with Crippen molar-refractivity contribution in [3.05, 3.63) is 54.6 Å². The van der Waals surface area contributed by atoms with Crippen LogP contribution in [0.2, 0.25) is 0 Å². The van der Waals surface area contributed by atoms with Crippen LogP contribution in [0.15, 0.2) is 37.6 Å². The van der Waals surface area contributed by atoms with Gasteiger partial charge in [-0.15, -0.1) is 0 Å². The zero-order valence-corrected chi connectivity index (χ0v) is 16.3. The molecule has 1 aromatic heterocycles. The van der Waals surface area contributed by atoms with E-state index in [1.165, 1.54) is 6.07 Å². The van der Waals surface area contributed by atoms with Gasteiger partial charge in [0.2, 0.25) is 0 Å². The van der Waals surface area contributed by atoms with Crippen LogP contribution in [0.1, 0.15) is 44.2 Å². The Morgan fingerprint density at radius 1 is 1.29 bits per heavy atom. The number of hydrogen-bond donors (Lipinski definition) is 1. The van der Waals surface area contributed by atoms with Crippen LogP contribution in [0.5, 0.6) is 0 Å². The molecule has 0 saturated carbocycles. The van der Waals surface area contributed by atoms with E-state index in [0.717, 1.165) is 33.0 Å².